The van der Waals surface area contributed by atoms with Crippen LogP contribution in [0.2, 0.25) is 0 Å². The molecule has 0 bridgehead atoms. The predicted octanol–water partition coefficient (Wildman–Crippen LogP) is 1.90. The summed E-state index contributed by atoms with van der Waals surface area (Å²) in [6.07, 6.45) is 1.20. The maximum Gasteiger partial charge on any atom is 0.244 e. The van der Waals surface area contributed by atoms with Gasteiger partial charge in [-0.3, -0.25) is 9.59 Å². The number of carbonyl (C=O) groups is 2. The van der Waals surface area contributed by atoms with Crippen LogP contribution in [0.25, 0.3) is 0 Å². The van der Waals surface area contributed by atoms with E-state index in [1.165, 1.54) is 0 Å². The standard InChI is InChI=1S/C15H21N3O2/c1-4-16-15(2,3)14(20)17-11-6-7-12-10(9-11)5-8-13(19)18-12/h6-7,9,16H,4-5,8H2,1-3H3,(H,17,20)(H,18,19). The Kier molecular flexibility index (Phi) is 4.09. The molecule has 0 fully saturated rings. The Morgan fingerprint density at radius 2 is 2.10 bits per heavy atom. The molecule has 1 aromatic carbocycles. The smallest absolute Gasteiger partial charge is 0.244 e. The van der Waals surface area contributed by atoms with Crippen LogP contribution in [0.1, 0.15) is 32.8 Å². The zero-order chi connectivity index (χ0) is 14.8. The van der Waals surface area contributed by atoms with Crippen molar-refractivity contribution in [2.75, 3.05) is 17.2 Å². The van der Waals surface area contributed by atoms with Gasteiger partial charge in [0.15, 0.2) is 0 Å². The minimum absolute atomic E-state index is 0.0440. The number of aryl methyl sites for hydroxylation is 1. The van der Waals surface area contributed by atoms with Crippen LogP contribution >= 0.6 is 0 Å². The minimum atomic E-state index is -0.612. The molecule has 108 valence electrons. The lowest BCUT2D eigenvalue weighted by Gasteiger charge is -2.25. The molecule has 1 aromatic rings. The van der Waals surface area contributed by atoms with E-state index in [2.05, 4.69) is 16.0 Å². The van der Waals surface area contributed by atoms with Crippen molar-refractivity contribution in [3.63, 3.8) is 0 Å². The first kappa shape index (κ1) is 14.5. The van der Waals surface area contributed by atoms with Crippen molar-refractivity contribution in [3.8, 4) is 0 Å². The van der Waals surface area contributed by atoms with E-state index in [-0.39, 0.29) is 11.8 Å². The lowest BCUT2D eigenvalue weighted by atomic mass is 10.0. The van der Waals surface area contributed by atoms with Gasteiger partial charge in [0.25, 0.3) is 0 Å². The molecule has 20 heavy (non-hydrogen) atoms. The Labute approximate surface area is 119 Å². The summed E-state index contributed by atoms with van der Waals surface area (Å²) in [6.45, 7) is 6.40. The summed E-state index contributed by atoms with van der Waals surface area (Å²) in [5.74, 6) is -0.0262. The van der Waals surface area contributed by atoms with E-state index in [9.17, 15) is 9.59 Å². The van der Waals surface area contributed by atoms with Crippen LogP contribution in [-0.2, 0) is 16.0 Å². The first-order valence-electron chi connectivity index (χ1n) is 6.91. The molecule has 0 radical (unpaired) electrons. The molecule has 0 saturated carbocycles. The van der Waals surface area contributed by atoms with E-state index >= 15 is 0 Å². The quantitative estimate of drug-likeness (QED) is 0.786. The number of anilines is 2. The number of hydrogen-bond donors (Lipinski definition) is 3. The number of carbonyl (C=O) groups excluding carboxylic acids is 2. The van der Waals surface area contributed by atoms with Crippen molar-refractivity contribution in [2.45, 2.75) is 39.2 Å². The van der Waals surface area contributed by atoms with Gasteiger partial charge in [-0.2, -0.15) is 0 Å². The fourth-order valence-corrected chi connectivity index (χ4v) is 2.27. The zero-order valence-corrected chi connectivity index (χ0v) is 12.2. The van der Waals surface area contributed by atoms with E-state index in [0.717, 1.165) is 23.5 Å². The highest BCUT2D eigenvalue weighted by Gasteiger charge is 2.26. The van der Waals surface area contributed by atoms with Gasteiger partial charge in [-0.15, -0.1) is 0 Å². The monoisotopic (exact) mass is 275 g/mol. The maximum absolute atomic E-state index is 12.2. The summed E-state index contributed by atoms with van der Waals surface area (Å²) in [7, 11) is 0. The zero-order valence-electron chi connectivity index (χ0n) is 12.2. The highest BCUT2D eigenvalue weighted by atomic mass is 16.2. The number of likely N-dealkylation sites (N-methyl/N-ethyl adjacent to an activating group) is 1. The molecule has 0 aromatic heterocycles. The van der Waals surface area contributed by atoms with E-state index in [0.29, 0.717) is 12.8 Å². The largest absolute Gasteiger partial charge is 0.326 e. The van der Waals surface area contributed by atoms with Crippen molar-refractivity contribution in [3.05, 3.63) is 23.8 Å². The van der Waals surface area contributed by atoms with Gasteiger partial charge in [-0.1, -0.05) is 6.92 Å². The SMILES string of the molecule is CCNC(C)(C)C(=O)Nc1ccc2c(c1)CCC(=O)N2. The van der Waals surface area contributed by atoms with Crippen LogP contribution < -0.4 is 16.0 Å². The average Bonchev–Trinajstić information content (AvgIpc) is 2.39. The molecule has 0 atom stereocenters. The topological polar surface area (TPSA) is 70.2 Å². The van der Waals surface area contributed by atoms with Gasteiger partial charge in [0.2, 0.25) is 11.8 Å². The lowest BCUT2D eigenvalue weighted by Crippen LogP contribution is -2.49. The Morgan fingerprint density at radius 1 is 1.35 bits per heavy atom. The molecular formula is C15H21N3O2. The van der Waals surface area contributed by atoms with Crippen LogP contribution in [0.3, 0.4) is 0 Å². The van der Waals surface area contributed by atoms with Gasteiger partial charge in [0.05, 0.1) is 5.54 Å². The van der Waals surface area contributed by atoms with Crippen LogP contribution in [0.5, 0.6) is 0 Å². The molecule has 5 nitrogen and oxygen atoms in total. The maximum atomic E-state index is 12.2. The van der Waals surface area contributed by atoms with Gasteiger partial charge in [0.1, 0.15) is 0 Å². The Balaban J connectivity index is 2.11. The fraction of sp³-hybridized carbons (Fsp3) is 0.467. The summed E-state index contributed by atoms with van der Waals surface area (Å²) >= 11 is 0. The Morgan fingerprint density at radius 3 is 2.80 bits per heavy atom. The molecule has 1 heterocycles. The molecule has 0 aliphatic carbocycles. The molecule has 2 amide bonds. The Hall–Kier alpha value is -1.88. The van der Waals surface area contributed by atoms with Gasteiger partial charge in [-0.25, -0.2) is 0 Å². The van der Waals surface area contributed by atoms with Crippen LogP contribution in [0.15, 0.2) is 18.2 Å². The number of rotatable bonds is 4. The van der Waals surface area contributed by atoms with E-state index < -0.39 is 5.54 Å². The minimum Gasteiger partial charge on any atom is -0.326 e. The summed E-state index contributed by atoms with van der Waals surface area (Å²) in [5.41, 5.74) is 2.04. The summed E-state index contributed by atoms with van der Waals surface area (Å²) in [5, 5.41) is 8.88. The average molecular weight is 275 g/mol. The normalized spacial score (nSPS) is 14.4. The molecule has 1 aliphatic rings. The van der Waals surface area contributed by atoms with Crippen LogP contribution in [0.4, 0.5) is 11.4 Å². The number of amides is 2. The first-order valence-corrected chi connectivity index (χ1v) is 6.91. The highest BCUT2D eigenvalue weighted by molar-refractivity contribution is 5.98. The molecular weight excluding hydrogens is 254 g/mol. The third-order valence-electron chi connectivity index (χ3n) is 3.44. The third-order valence-corrected chi connectivity index (χ3v) is 3.44. The van der Waals surface area contributed by atoms with Gasteiger partial charge >= 0.3 is 0 Å². The molecule has 0 saturated heterocycles. The second-order valence-electron chi connectivity index (χ2n) is 5.53. The molecule has 0 spiro atoms. The lowest BCUT2D eigenvalue weighted by molar-refractivity contribution is -0.121. The molecule has 5 heteroatoms. The second-order valence-corrected chi connectivity index (χ2v) is 5.53. The van der Waals surface area contributed by atoms with E-state index in [1.807, 2.05) is 39.0 Å². The number of nitrogens with one attached hydrogen (secondary N) is 3. The summed E-state index contributed by atoms with van der Waals surface area (Å²) in [6, 6.07) is 5.57. The third kappa shape index (κ3) is 3.17. The van der Waals surface area contributed by atoms with Crippen molar-refractivity contribution >= 4 is 23.2 Å². The number of hydrogen-bond acceptors (Lipinski definition) is 3. The van der Waals surface area contributed by atoms with Crippen molar-refractivity contribution in [1.82, 2.24) is 5.32 Å². The second kappa shape index (κ2) is 5.63. The number of benzene rings is 1. The molecule has 2 rings (SSSR count). The van der Waals surface area contributed by atoms with Gasteiger partial charge in [-0.05, 0) is 50.6 Å². The van der Waals surface area contributed by atoms with E-state index in [4.69, 9.17) is 0 Å². The van der Waals surface area contributed by atoms with Gasteiger partial charge in [0, 0.05) is 17.8 Å². The van der Waals surface area contributed by atoms with Crippen molar-refractivity contribution in [2.24, 2.45) is 0 Å². The Bertz CT molecular complexity index is 538. The van der Waals surface area contributed by atoms with Crippen LogP contribution in [0, 0.1) is 0 Å². The molecule has 1 aliphatic heterocycles. The predicted molar refractivity (Wildman–Crippen MR) is 79.8 cm³/mol. The highest BCUT2D eigenvalue weighted by Crippen LogP contribution is 2.26. The summed E-state index contributed by atoms with van der Waals surface area (Å²) < 4.78 is 0. The number of fused-ring (bicyclic) bond motifs is 1. The van der Waals surface area contributed by atoms with E-state index in [1.54, 1.807) is 0 Å². The summed E-state index contributed by atoms with van der Waals surface area (Å²) in [4.78, 5) is 23.5. The molecule has 0 unspecified atom stereocenters. The van der Waals surface area contributed by atoms with Crippen molar-refractivity contribution in [1.29, 1.82) is 0 Å². The van der Waals surface area contributed by atoms with Crippen LogP contribution in [-0.4, -0.2) is 23.9 Å². The van der Waals surface area contributed by atoms with Crippen molar-refractivity contribution < 1.29 is 9.59 Å². The molecule has 3 N–H and O–H groups in total. The van der Waals surface area contributed by atoms with Gasteiger partial charge < -0.3 is 16.0 Å². The first-order chi connectivity index (χ1) is 9.42. The fourth-order valence-electron chi connectivity index (χ4n) is 2.27.